The number of thiophene rings is 3. The Morgan fingerprint density at radius 2 is 1.46 bits per heavy atom. The Bertz CT molecular complexity index is 2920. The first-order valence-electron chi connectivity index (χ1n) is 22.2. The number of hydrogen-bond acceptors (Lipinski definition) is 8. The number of benzene rings is 3. The van der Waals surface area contributed by atoms with E-state index < -0.39 is 5.97 Å². The van der Waals surface area contributed by atoms with Crippen molar-refractivity contribution in [3.63, 3.8) is 0 Å². The number of allylic oxidation sites excluding steroid dienone is 1. The highest BCUT2D eigenvalue weighted by Crippen LogP contribution is 2.62. The van der Waals surface area contributed by atoms with Crippen LogP contribution < -0.4 is 0 Å². The van der Waals surface area contributed by atoms with Gasteiger partial charge in [0.15, 0.2) is 0 Å². The Morgan fingerprint density at radius 1 is 0.778 bits per heavy atom. The third kappa shape index (κ3) is 9.06. The molecule has 0 amide bonds. The number of aliphatic carboxylic acids is 1. The summed E-state index contributed by atoms with van der Waals surface area (Å²) < 4.78 is 2.32. The van der Waals surface area contributed by atoms with Crippen molar-refractivity contribution in [1.82, 2.24) is 9.55 Å². The number of nitriles is 1. The topological polar surface area (TPSA) is 78.9 Å². The lowest BCUT2D eigenvalue weighted by Crippen LogP contribution is -2.00. The molecule has 0 saturated carbocycles. The maximum absolute atomic E-state index is 11.5. The number of fused-ring (bicyclic) bond motifs is 4. The van der Waals surface area contributed by atoms with Gasteiger partial charge in [0, 0.05) is 49.9 Å². The lowest BCUT2D eigenvalue weighted by molar-refractivity contribution is -0.132. The van der Waals surface area contributed by atoms with E-state index in [9.17, 15) is 15.2 Å². The Hall–Kier alpha value is -4.63. The maximum Gasteiger partial charge on any atom is 0.346 e. The van der Waals surface area contributed by atoms with Crippen LogP contribution in [0.1, 0.15) is 97.6 Å². The first-order valence-corrected chi connectivity index (χ1v) is 26.4. The van der Waals surface area contributed by atoms with Gasteiger partial charge in [0.05, 0.1) is 22.0 Å². The van der Waals surface area contributed by atoms with Gasteiger partial charge in [-0.1, -0.05) is 113 Å². The first-order chi connectivity index (χ1) is 30.7. The average molecular weight is 922 g/mol. The standard InChI is InChI=1S/C53H51N3O2S5/c1-5-7-9-11-15-36-28-45(63-48(36)34-20-22-35(23-21-34)52-55-40-17-13-14-18-42(40)56(52)41-24-19-32(3)25-33(41)4)49-37(16-12-10-8-6-2)27-43(61-49)44-30-47-51(62-44)50-46(60-47)29-39(59-50)26-38(31-54)53(57)58/h13-14,17-30,46,50H,5-12,15-16H2,1-4H3,(H,57,58)/b38-26+. The number of nitrogens with zero attached hydrogens (tertiary/aromatic N) is 3. The highest BCUT2D eigenvalue weighted by Gasteiger charge is 2.39. The summed E-state index contributed by atoms with van der Waals surface area (Å²) in [6.45, 7) is 8.90. The molecule has 2 aliphatic rings. The first kappa shape index (κ1) is 43.6. The molecule has 63 heavy (non-hydrogen) atoms. The van der Waals surface area contributed by atoms with Crippen LogP contribution in [0.2, 0.25) is 0 Å². The van der Waals surface area contributed by atoms with Crippen molar-refractivity contribution in [3.8, 4) is 53.1 Å². The zero-order valence-electron chi connectivity index (χ0n) is 36.2. The van der Waals surface area contributed by atoms with Gasteiger partial charge >= 0.3 is 5.97 Å². The van der Waals surface area contributed by atoms with Crippen LogP contribution >= 0.6 is 57.5 Å². The van der Waals surface area contributed by atoms with Crippen molar-refractivity contribution < 1.29 is 9.90 Å². The SMILES string of the molecule is CCCCCCc1cc(-c2sc(-c3cc4c(s3)C3SC(/C=C(\C#N)C(=O)O)=CC3S4)cc2CCCCCC)sc1-c1ccc(-c2nc3ccccc3n2-c2ccc(C)cc2C)cc1. The highest BCUT2D eigenvalue weighted by molar-refractivity contribution is 8.07. The number of aryl methyl sites for hydroxylation is 4. The van der Waals surface area contributed by atoms with Crippen molar-refractivity contribution in [1.29, 1.82) is 5.26 Å². The van der Waals surface area contributed by atoms with Crippen molar-refractivity contribution >= 4 is 74.5 Å². The number of carboxylic acids is 1. The van der Waals surface area contributed by atoms with Crippen LogP contribution in [0.15, 0.2) is 112 Å². The minimum atomic E-state index is -1.18. The molecule has 0 fully saturated rings. The number of carbonyl (C=O) groups is 1. The fraction of sp³-hybridized carbons (Fsp3) is 0.302. The number of imidazole rings is 1. The quantitative estimate of drug-likeness (QED) is 0.0557. The van der Waals surface area contributed by atoms with E-state index >= 15 is 0 Å². The van der Waals surface area contributed by atoms with Gasteiger partial charge in [-0.05, 0) is 104 Å². The fourth-order valence-electron chi connectivity index (χ4n) is 8.80. The lowest BCUT2D eigenvalue weighted by atomic mass is 10.0. The summed E-state index contributed by atoms with van der Waals surface area (Å²) in [7, 11) is 0. The predicted molar refractivity (Wildman–Crippen MR) is 271 cm³/mol. The van der Waals surface area contributed by atoms with E-state index in [1.807, 2.05) is 51.8 Å². The summed E-state index contributed by atoms with van der Waals surface area (Å²) in [6.07, 6.45) is 15.6. The number of hydrogen-bond donors (Lipinski definition) is 1. The van der Waals surface area contributed by atoms with Gasteiger partial charge in [-0.2, -0.15) is 5.26 Å². The number of rotatable bonds is 17. The average Bonchev–Trinajstić information content (AvgIpc) is 4.14. The number of thioether (sulfide) groups is 2. The van der Waals surface area contributed by atoms with Crippen LogP contribution in [-0.4, -0.2) is 25.9 Å². The molecule has 0 spiro atoms. The molecular formula is C53H51N3O2S5. The van der Waals surface area contributed by atoms with E-state index in [0.29, 0.717) is 0 Å². The molecule has 0 bridgehead atoms. The summed E-state index contributed by atoms with van der Waals surface area (Å²) in [5.41, 5.74) is 10.8. The third-order valence-electron chi connectivity index (χ3n) is 12.0. The summed E-state index contributed by atoms with van der Waals surface area (Å²) in [5.74, 6) is -0.219. The molecule has 7 aromatic rings. The van der Waals surface area contributed by atoms with Gasteiger partial charge in [0.2, 0.25) is 0 Å². The zero-order chi connectivity index (χ0) is 43.6. The van der Waals surface area contributed by atoms with Gasteiger partial charge in [-0.25, -0.2) is 9.78 Å². The van der Waals surface area contributed by atoms with Gasteiger partial charge in [-0.15, -0.1) is 57.5 Å². The smallest absolute Gasteiger partial charge is 0.346 e. The molecule has 5 nitrogen and oxygen atoms in total. The number of aromatic nitrogens is 2. The maximum atomic E-state index is 11.5. The summed E-state index contributed by atoms with van der Waals surface area (Å²) >= 11 is 9.35. The normalized spacial score (nSPS) is 15.8. The molecule has 10 heteroatoms. The lowest BCUT2D eigenvalue weighted by Gasteiger charge is -2.13. The Morgan fingerprint density at radius 3 is 2.17 bits per heavy atom. The van der Waals surface area contributed by atoms with Gasteiger partial charge < -0.3 is 5.11 Å². The Labute approximate surface area is 391 Å². The van der Waals surface area contributed by atoms with Crippen LogP contribution in [0, 0.1) is 25.2 Å². The molecule has 0 radical (unpaired) electrons. The fourth-order valence-corrected chi connectivity index (χ4v) is 16.1. The molecule has 320 valence electrons. The molecule has 0 saturated heterocycles. The van der Waals surface area contributed by atoms with E-state index in [0.717, 1.165) is 45.9 Å². The summed E-state index contributed by atoms with van der Waals surface area (Å²) in [5, 5.41) is 19.3. The van der Waals surface area contributed by atoms with Gasteiger partial charge in [0.1, 0.15) is 17.5 Å². The number of unbranched alkanes of at least 4 members (excludes halogenated alkanes) is 6. The molecule has 2 unspecified atom stereocenters. The largest absolute Gasteiger partial charge is 0.477 e. The van der Waals surface area contributed by atoms with E-state index in [4.69, 9.17) is 4.98 Å². The highest BCUT2D eigenvalue weighted by atomic mass is 32.2. The number of para-hydroxylation sites is 2. The number of carboxylic acid groups (broad SMARTS) is 1. The second kappa shape index (κ2) is 19.2. The Balaban J connectivity index is 1.05. The molecule has 2 atom stereocenters. The van der Waals surface area contributed by atoms with E-state index in [-0.39, 0.29) is 16.1 Å². The van der Waals surface area contributed by atoms with Crippen molar-refractivity contribution in [2.75, 3.05) is 0 Å². The molecule has 9 rings (SSSR count). The minimum absolute atomic E-state index is 0.216. The van der Waals surface area contributed by atoms with E-state index in [1.165, 1.54) is 119 Å². The third-order valence-corrected chi connectivity index (χ3v) is 19.0. The molecular weight excluding hydrogens is 871 g/mol. The van der Waals surface area contributed by atoms with Gasteiger partial charge in [0.25, 0.3) is 0 Å². The molecule has 0 aliphatic carbocycles. The van der Waals surface area contributed by atoms with Crippen LogP contribution in [0.5, 0.6) is 0 Å². The minimum Gasteiger partial charge on any atom is -0.477 e. The second-order valence-corrected chi connectivity index (χ2v) is 22.3. The predicted octanol–water partition coefficient (Wildman–Crippen LogP) is 16.4. The van der Waals surface area contributed by atoms with Gasteiger partial charge in [-0.3, -0.25) is 4.57 Å². The molecule has 1 N–H and O–H groups in total. The van der Waals surface area contributed by atoms with Crippen LogP contribution in [0.3, 0.4) is 0 Å². The second-order valence-electron chi connectivity index (χ2n) is 16.7. The van der Waals surface area contributed by atoms with Crippen LogP contribution in [-0.2, 0) is 17.6 Å². The molecule has 3 aromatic carbocycles. The summed E-state index contributed by atoms with van der Waals surface area (Å²) in [4.78, 5) is 27.1. The van der Waals surface area contributed by atoms with Crippen LogP contribution in [0.4, 0.5) is 0 Å². The van der Waals surface area contributed by atoms with Crippen LogP contribution in [0.25, 0.3) is 58.1 Å². The van der Waals surface area contributed by atoms with E-state index in [1.54, 1.807) is 11.8 Å². The van der Waals surface area contributed by atoms with Crippen molar-refractivity contribution in [2.24, 2.45) is 0 Å². The van der Waals surface area contributed by atoms with Crippen molar-refractivity contribution in [3.05, 3.63) is 135 Å². The van der Waals surface area contributed by atoms with Crippen molar-refractivity contribution in [2.45, 2.75) is 107 Å². The monoisotopic (exact) mass is 921 g/mol. The summed E-state index contributed by atoms with van der Waals surface area (Å²) in [6, 6.07) is 33.5. The molecule has 4 aromatic heterocycles. The van der Waals surface area contributed by atoms with E-state index in [2.05, 4.69) is 123 Å². The Kier molecular flexibility index (Phi) is 13.3. The molecule has 6 heterocycles. The zero-order valence-corrected chi connectivity index (χ0v) is 40.3. The molecule has 2 aliphatic heterocycles.